The molecule has 0 saturated carbocycles. The Hall–Kier alpha value is -1.50. The first-order valence-corrected chi connectivity index (χ1v) is 8.64. The summed E-state index contributed by atoms with van der Waals surface area (Å²) in [6.45, 7) is 6.24. The van der Waals surface area contributed by atoms with Crippen LogP contribution in [0.2, 0.25) is 10.0 Å². The van der Waals surface area contributed by atoms with Crippen LogP contribution in [0.5, 0.6) is 0 Å². The van der Waals surface area contributed by atoms with E-state index in [9.17, 15) is 4.79 Å². The maximum atomic E-state index is 12.0. The Morgan fingerprint density at radius 3 is 2.96 bits per heavy atom. The van der Waals surface area contributed by atoms with E-state index in [1.165, 1.54) is 11.8 Å². The lowest BCUT2D eigenvalue weighted by Crippen LogP contribution is -2.12. The van der Waals surface area contributed by atoms with Gasteiger partial charge in [-0.1, -0.05) is 41.0 Å². The molecule has 0 unspecified atom stereocenters. The van der Waals surface area contributed by atoms with E-state index in [1.54, 1.807) is 24.3 Å². The number of amides is 1. The number of anilines is 1. The number of carbonyl (C=O) groups excluding carboxylic acids is 1. The number of carbonyl (C=O) groups is 1. The Bertz CT molecular complexity index is 717. The second-order valence-corrected chi connectivity index (χ2v) is 6.61. The lowest BCUT2D eigenvalue weighted by atomic mass is 10.3. The second kappa shape index (κ2) is 8.38. The Morgan fingerprint density at radius 2 is 2.22 bits per heavy atom. The van der Waals surface area contributed by atoms with Gasteiger partial charge in [0, 0.05) is 23.7 Å². The van der Waals surface area contributed by atoms with E-state index < -0.39 is 0 Å². The largest absolute Gasteiger partial charge is 0.325 e. The van der Waals surface area contributed by atoms with Crippen LogP contribution in [0.4, 0.5) is 5.69 Å². The van der Waals surface area contributed by atoms with E-state index in [4.69, 9.17) is 23.2 Å². The van der Waals surface area contributed by atoms with Crippen LogP contribution in [0.15, 0.2) is 36.0 Å². The number of allylic oxidation sites excluding steroid dienone is 1. The third kappa shape index (κ3) is 4.99. The zero-order chi connectivity index (χ0) is 16.8. The van der Waals surface area contributed by atoms with Gasteiger partial charge in [-0.15, -0.1) is 16.8 Å². The van der Waals surface area contributed by atoms with E-state index in [-0.39, 0.29) is 5.91 Å². The Balaban J connectivity index is 1.88. The van der Waals surface area contributed by atoms with E-state index >= 15 is 0 Å². The van der Waals surface area contributed by atoms with Crippen molar-refractivity contribution in [3.8, 4) is 0 Å². The summed E-state index contributed by atoms with van der Waals surface area (Å²) >= 11 is 13.4. The standard InChI is InChI=1S/C15H16Cl2N4OS/c1-3-7-21-10(2)19-20-15(21)23-8-6-14(22)18-13-9-11(16)4-5-12(13)17/h3-5,9H,1,6-8H2,2H3,(H,18,22). The molecule has 0 spiro atoms. The number of aromatic nitrogens is 3. The lowest BCUT2D eigenvalue weighted by molar-refractivity contribution is -0.115. The van der Waals surface area contributed by atoms with Crippen molar-refractivity contribution in [3.05, 3.63) is 46.7 Å². The molecule has 1 heterocycles. The summed E-state index contributed by atoms with van der Waals surface area (Å²) in [5.74, 6) is 1.27. The molecule has 0 radical (unpaired) electrons. The molecule has 0 fully saturated rings. The van der Waals surface area contributed by atoms with Gasteiger partial charge in [-0.05, 0) is 25.1 Å². The van der Waals surface area contributed by atoms with Gasteiger partial charge >= 0.3 is 0 Å². The van der Waals surface area contributed by atoms with E-state index in [2.05, 4.69) is 22.1 Å². The fourth-order valence-electron chi connectivity index (χ4n) is 1.85. The van der Waals surface area contributed by atoms with Crippen molar-refractivity contribution in [2.75, 3.05) is 11.1 Å². The predicted octanol–water partition coefficient (Wildman–Crippen LogP) is 4.20. The van der Waals surface area contributed by atoms with Crippen molar-refractivity contribution >= 4 is 46.6 Å². The zero-order valence-corrected chi connectivity index (χ0v) is 14.9. The van der Waals surface area contributed by atoms with Crippen molar-refractivity contribution < 1.29 is 4.79 Å². The van der Waals surface area contributed by atoms with Gasteiger partial charge in [0.15, 0.2) is 5.16 Å². The van der Waals surface area contributed by atoms with Crippen molar-refractivity contribution in [2.45, 2.75) is 25.0 Å². The number of nitrogens with one attached hydrogen (secondary N) is 1. The van der Waals surface area contributed by atoms with Crippen LogP contribution >= 0.6 is 35.0 Å². The van der Waals surface area contributed by atoms with Crippen molar-refractivity contribution in [1.82, 2.24) is 14.8 Å². The maximum absolute atomic E-state index is 12.0. The summed E-state index contributed by atoms with van der Waals surface area (Å²) in [5.41, 5.74) is 0.514. The second-order valence-electron chi connectivity index (χ2n) is 4.70. The Morgan fingerprint density at radius 1 is 1.43 bits per heavy atom. The minimum absolute atomic E-state index is 0.131. The first-order chi connectivity index (χ1) is 11.0. The van der Waals surface area contributed by atoms with Crippen LogP contribution in [0.3, 0.4) is 0 Å². The monoisotopic (exact) mass is 370 g/mol. The highest BCUT2D eigenvalue weighted by atomic mass is 35.5. The fourth-order valence-corrected chi connectivity index (χ4v) is 3.12. The zero-order valence-electron chi connectivity index (χ0n) is 12.6. The van der Waals surface area contributed by atoms with Gasteiger partial charge in [0.1, 0.15) is 5.82 Å². The molecule has 5 nitrogen and oxygen atoms in total. The predicted molar refractivity (Wildman–Crippen MR) is 95.4 cm³/mol. The molecular formula is C15H16Cl2N4OS. The van der Waals surface area contributed by atoms with Gasteiger partial charge in [0.05, 0.1) is 10.7 Å². The molecule has 1 N–H and O–H groups in total. The molecule has 23 heavy (non-hydrogen) atoms. The Labute approximate surface area is 149 Å². The number of aryl methyl sites for hydroxylation is 1. The quantitative estimate of drug-likeness (QED) is 0.585. The highest BCUT2D eigenvalue weighted by molar-refractivity contribution is 7.99. The summed E-state index contributed by atoms with van der Waals surface area (Å²) in [6.07, 6.45) is 2.11. The number of benzene rings is 1. The summed E-state index contributed by atoms with van der Waals surface area (Å²) in [5, 5.41) is 12.6. The molecule has 0 bridgehead atoms. The SMILES string of the molecule is C=CCn1c(C)nnc1SCCC(=O)Nc1cc(Cl)ccc1Cl. The molecule has 0 atom stereocenters. The summed E-state index contributed by atoms with van der Waals surface area (Å²) in [4.78, 5) is 12.0. The molecule has 1 aromatic carbocycles. The average molecular weight is 371 g/mol. The number of thioether (sulfide) groups is 1. The van der Waals surface area contributed by atoms with Crippen LogP contribution in [-0.4, -0.2) is 26.4 Å². The maximum Gasteiger partial charge on any atom is 0.225 e. The third-order valence-corrected chi connectivity index (χ3v) is 4.51. The number of nitrogens with zero attached hydrogens (tertiary/aromatic N) is 3. The third-order valence-electron chi connectivity index (χ3n) is 2.98. The molecule has 1 aromatic heterocycles. The van der Waals surface area contributed by atoms with E-state index in [0.29, 0.717) is 34.5 Å². The molecule has 0 aliphatic heterocycles. The summed E-state index contributed by atoms with van der Waals surface area (Å²) in [6, 6.07) is 4.94. The summed E-state index contributed by atoms with van der Waals surface area (Å²) in [7, 11) is 0. The molecule has 8 heteroatoms. The highest BCUT2D eigenvalue weighted by Crippen LogP contribution is 2.26. The van der Waals surface area contributed by atoms with Crippen molar-refractivity contribution in [1.29, 1.82) is 0 Å². The summed E-state index contributed by atoms with van der Waals surface area (Å²) < 4.78 is 1.95. The molecule has 2 aromatic rings. The average Bonchev–Trinajstić information content (AvgIpc) is 2.85. The van der Waals surface area contributed by atoms with Gasteiger partial charge in [0.2, 0.25) is 5.91 Å². The van der Waals surface area contributed by atoms with Crippen molar-refractivity contribution in [2.24, 2.45) is 0 Å². The first-order valence-electron chi connectivity index (χ1n) is 6.89. The highest BCUT2D eigenvalue weighted by Gasteiger charge is 2.10. The van der Waals surface area contributed by atoms with Crippen LogP contribution in [0.1, 0.15) is 12.2 Å². The van der Waals surface area contributed by atoms with Crippen molar-refractivity contribution in [3.63, 3.8) is 0 Å². The van der Waals surface area contributed by atoms with Gasteiger partial charge in [-0.3, -0.25) is 4.79 Å². The number of hydrogen-bond donors (Lipinski definition) is 1. The molecular weight excluding hydrogens is 355 g/mol. The van der Waals surface area contributed by atoms with Crippen LogP contribution < -0.4 is 5.32 Å². The van der Waals surface area contributed by atoms with Crippen LogP contribution in [-0.2, 0) is 11.3 Å². The van der Waals surface area contributed by atoms with E-state index in [0.717, 1.165) is 11.0 Å². The van der Waals surface area contributed by atoms with Gasteiger partial charge in [-0.25, -0.2) is 0 Å². The van der Waals surface area contributed by atoms with Gasteiger partial charge in [0.25, 0.3) is 0 Å². The minimum Gasteiger partial charge on any atom is -0.325 e. The normalized spacial score (nSPS) is 10.6. The molecule has 0 aliphatic carbocycles. The molecule has 1 amide bonds. The van der Waals surface area contributed by atoms with Gasteiger partial charge < -0.3 is 9.88 Å². The number of hydrogen-bond acceptors (Lipinski definition) is 4. The number of rotatable bonds is 7. The smallest absolute Gasteiger partial charge is 0.225 e. The van der Waals surface area contributed by atoms with E-state index in [1.807, 2.05) is 11.5 Å². The molecule has 0 aliphatic rings. The molecule has 122 valence electrons. The van der Waals surface area contributed by atoms with Gasteiger partial charge in [-0.2, -0.15) is 0 Å². The molecule has 2 rings (SSSR count). The topological polar surface area (TPSA) is 59.8 Å². The fraction of sp³-hybridized carbons (Fsp3) is 0.267. The Kier molecular flexibility index (Phi) is 6.50. The first kappa shape index (κ1) is 17.8. The minimum atomic E-state index is -0.131. The number of halogens is 2. The molecule has 0 saturated heterocycles. The lowest BCUT2D eigenvalue weighted by Gasteiger charge is -2.08. The van der Waals surface area contributed by atoms with Crippen LogP contribution in [0.25, 0.3) is 0 Å². The van der Waals surface area contributed by atoms with Crippen LogP contribution in [0, 0.1) is 6.92 Å².